The van der Waals surface area contributed by atoms with Crippen molar-refractivity contribution in [2.75, 3.05) is 108 Å². The molecule has 0 fully saturated rings. The largest absolute Gasteiger partial charge is 0.355 e. The lowest BCUT2D eigenvalue weighted by Gasteiger charge is -2.22. The van der Waals surface area contributed by atoms with Crippen molar-refractivity contribution in [1.82, 2.24) is 31.1 Å². The average molecular weight is 796 g/mol. The second-order valence-electron chi connectivity index (χ2n) is 12.7. The second-order valence-corrected chi connectivity index (χ2v) is 17.4. The Hall–Kier alpha value is -0.840. The Morgan fingerprint density at radius 3 is 1.16 bits per heavy atom. The molecule has 4 amide bonds. The van der Waals surface area contributed by atoms with E-state index in [2.05, 4.69) is 38.0 Å². The predicted molar refractivity (Wildman–Crippen MR) is 226 cm³/mol. The van der Waals surface area contributed by atoms with Crippen molar-refractivity contribution in [3.63, 3.8) is 0 Å². The van der Waals surface area contributed by atoms with E-state index >= 15 is 0 Å². The molecule has 0 radical (unpaired) electrons. The molecule has 0 saturated heterocycles. The first-order valence-corrected chi connectivity index (χ1v) is 24.6. The lowest BCUT2D eigenvalue weighted by atomic mass is 10.1. The van der Waals surface area contributed by atoms with E-state index in [1.807, 2.05) is 12.5 Å². The fraction of sp³-hybridized carbons (Fsp3) is 0.889. The fourth-order valence-electron chi connectivity index (χ4n) is 5.15. The van der Waals surface area contributed by atoms with Crippen LogP contribution in [0.15, 0.2) is 0 Å². The van der Waals surface area contributed by atoms with E-state index in [4.69, 9.17) is 5.73 Å². The standard InChI is InChI=1S/C36H73N7O4S4/c1-4-5-23-42(25-14-33(44)38-19-29-48-2)26-15-35(46)40-21-31-50-51-32-22-41-36(47)17-28-43(27-16-34(45)39-20-30-49-3)24-13-11-9-7-6-8-10-12-18-37/h4-32,37H2,1-3H3,(H,38,44)(H,39,45)(H,40,46)(H,41,47). The Labute approximate surface area is 327 Å². The molecule has 0 heterocycles. The van der Waals surface area contributed by atoms with Crippen LogP contribution < -0.4 is 27.0 Å². The molecule has 0 aromatic carbocycles. The Balaban J connectivity index is 4.19. The van der Waals surface area contributed by atoms with Crippen LogP contribution in [0.4, 0.5) is 0 Å². The Bertz CT molecular complexity index is 864. The zero-order valence-electron chi connectivity index (χ0n) is 32.2. The van der Waals surface area contributed by atoms with Gasteiger partial charge in [-0.3, -0.25) is 19.2 Å². The molecule has 6 N–H and O–H groups in total. The number of carbonyl (C=O) groups is 4. The van der Waals surface area contributed by atoms with Crippen molar-refractivity contribution in [2.45, 2.75) is 96.8 Å². The Kier molecular flexibility index (Phi) is 38.2. The zero-order valence-corrected chi connectivity index (χ0v) is 35.5. The average Bonchev–Trinajstić information content (AvgIpc) is 3.12. The lowest BCUT2D eigenvalue weighted by molar-refractivity contribution is -0.123. The number of hydrogen-bond donors (Lipinski definition) is 5. The van der Waals surface area contributed by atoms with Crippen molar-refractivity contribution < 1.29 is 19.2 Å². The summed E-state index contributed by atoms with van der Waals surface area (Å²) in [6.07, 6.45) is 17.6. The van der Waals surface area contributed by atoms with Crippen molar-refractivity contribution >= 4 is 68.7 Å². The van der Waals surface area contributed by atoms with E-state index in [0.29, 0.717) is 78.0 Å². The maximum absolute atomic E-state index is 12.6. The molecule has 0 bridgehead atoms. The second kappa shape index (κ2) is 38.9. The van der Waals surface area contributed by atoms with Gasteiger partial charge in [-0.2, -0.15) is 23.5 Å². The molecular formula is C36H73N7O4S4. The molecule has 0 spiro atoms. The number of carbonyl (C=O) groups excluding carboxylic acids is 4. The van der Waals surface area contributed by atoms with Gasteiger partial charge in [0.1, 0.15) is 0 Å². The summed E-state index contributed by atoms with van der Waals surface area (Å²) in [5, 5.41) is 12.0. The van der Waals surface area contributed by atoms with Gasteiger partial charge in [0.2, 0.25) is 23.6 Å². The van der Waals surface area contributed by atoms with Gasteiger partial charge in [-0.1, -0.05) is 73.5 Å². The first-order valence-electron chi connectivity index (χ1n) is 19.3. The SMILES string of the molecule is CCCCN(CCC(=O)NCCSC)CCC(=O)NCCSSCCNC(=O)CCN(CCCCCCCCCCN)CCC(=O)NCCSC. The first kappa shape index (κ1) is 50.2. The molecule has 0 aliphatic rings. The van der Waals surface area contributed by atoms with Crippen LogP contribution in [0.5, 0.6) is 0 Å². The van der Waals surface area contributed by atoms with Crippen LogP contribution in [-0.2, 0) is 19.2 Å². The van der Waals surface area contributed by atoms with Crippen LogP contribution in [0.3, 0.4) is 0 Å². The third-order valence-electron chi connectivity index (χ3n) is 8.23. The molecule has 51 heavy (non-hydrogen) atoms. The zero-order chi connectivity index (χ0) is 37.6. The summed E-state index contributed by atoms with van der Waals surface area (Å²) in [4.78, 5) is 53.8. The number of unbranched alkanes of at least 4 members (excludes halogenated alkanes) is 8. The number of hydrogen-bond acceptors (Lipinski definition) is 11. The topological polar surface area (TPSA) is 149 Å². The van der Waals surface area contributed by atoms with Gasteiger partial charge in [0.05, 0.1) is 0 Å². The third kappa shape index (κ3) is 35.9. The molecule has 0 aromatic rings. The highest BCUT2D eigenvalue weighted by Gasteiger charge is 2.12. The minimum absolute atomic E-state index is 0.0399. The lowest BCUT2D eigenvalue weighted by Crippen LogP contribution is -2.35. The van der Waals surface area contributed by atoms with Gasteiger partial charge in [0.15, 0.2) is 0 Å². The summed E-state index contributed by atoms with van der Waals surface area (Å²) in [6, 6.07) is 0. The van der Waals surface area contributed by atoms with Crippen molar-refractivity contribution in [2.24, 2.45) is 5.73 Å². The number of rotatable bonds is 38. The number of nitrogens with one attached hydrogen (secondary N) is 4. The minimum atomic E-state index is 0.0399. The number of nitrogens with zero attached hydrogens (tertiary/aromatic N) is 2. The highest BCUT2D eigenvalue weighted by atomic mass is 33.1. The molecule has 0 saturated carbocycles. The number of nitrogens with two attached hydrogens (primary N) is 1. The monoisotopic (exact) mass is 795 g/mol. The van der Waals surface area contributed by atoms with Gasteiger partial charge < -0.3 is 36.8 Å². The number of amides is 4. The molecule has 0 aliphatic carbocycles. The molecular weight excluding hydrogens is 723 g/mol. The summed E-state index contributed by atoms with van der Waals surface area (Å²) in [7, 11) is 3.40. The van der Waals surface area contributed by atoms with E-state index in [1.165, 1.54) is 38.5 Å². The molecule has 0 atom stereocenters. The summed E-state index contributed by atoms with van der Waals surface area (Å²) >= 11 is 3.43. The van der Waals surface area contributed by atoms with Crippen LogP contribution in [0, 0.1) is 0 Å². The van der Waals surface area contributed by atoms with E-state index in [1.54, 1.807) is 45.1 Å². The first-order chi connectivity index (χ1) is 24.9. The summed E-state index contributed by atoms with van der Waals surface area (Å²) in [6.45, 7) is 10.0. The molecule has 15 heteroatoms. The summed E-state index contributed by atoms with van der Waals surface area (Å²) in [5.41, 5.74) is 5.58. The predicted octanol–water partition coefficient (Wildman–Crippen LogP) is 4.60. The normalized spacial score (nSPS) is 11.3. The Morgan fingerprint density at radius 1 is 0.471 bits per heavy atom. The maximum atomic E-state index is 12.6. The van der Waals surface area contributed by atoms with E-state index in [-0.39, 0.29) is 23.6 Å². The summed E-state index contributed by atoms with van der Waals surface area (Å²) in [5.74, 6) is 3.66. The van der Waals surface area contributed by atoms with Crippen LogP contribution in [-0.4, -0.2) is 141 Å². The highest BCUT2D eigenvalue weighted by molar-refractivity contribution is 8.76. The van der Waals surface area contributed by atoms with Crippen LogP contribution >= 0.6 is 45.1 Å². The Morgan fingerprint density at radius 2 is 0.804 bits per heavy atom. The third-order valence-corrected chi connectivity index (χ3v) is 11.9. The van der Waals surface area contributed by atoms with Gasteiger partial charge in [-0.25, -0.2) is 0 Å². The van der Waals surface area contributed by atoms with Crippen molar-refractivity contribution in [3.05, 3.63) is 0 Å². The maximum Gasteiger partial charge on any atom is 0.221 e. The minimum Gasteiger partial charge on any atom is -0.355 e. The fourth-order valence-corrected chi connectivity index (χ4v) is 7.58. The van der Waals surface area contributed by atoms with E-state index in [9.17, 15) is 19.2 Å². The smallest absolute Gasteiger partial charge is 0.221 e. The molecule has 0 aromatic heterocycles. The molecule has 0 rings (SSSR count). The van der Waals surface area contributed by atoms with Gasteiger partial charge in [0.25, 0.3) is 0 Å². The molecule has 300 valence electrons. The van der Waals surface area contributed by atoms with Gasteiger partial charge >= 0.3 is 0 Å². The number of thioether (sulfide) groups is 2. The van der Waals surface area contributed by atoms with Crippen LogP contribution in [0.25, 0.3) is 0 Å². The molecule has 11 nitrogen and oxygen atoms in total. The van der Waals surface area contributed by atoms with E-state index in [0.717, 1.165) is 68.3 Å². The van der Waals surface area contributed by atoms with Gasteiger partial charge in [-0.15, -0.1) is 0 Å². The van der Waals surface area contributed by atoms with Gasteiger partial charge in [-0.05, 0) is 51.4 Å². The van der Waals surface area contributed by atoms with Crippen molar-refractivity contribution in [1.29, 1.82) is 0 Å². The molecule has 0 unspecified atom stereocenters. The quantitative estimate of drug-likeness (QED) is 0.0441. The van der Waals surface area contributed by atoms with E-state index < -0.39 is 0 Å². The van der Waals surface area contributed by atoms with Crippen LogP contribution in [0.1, 0.15) is 96.8 Å². The van der Waals surface area contributed by atoms with Crippen LogP contribution in [0.2, 0.25) is 0 Å². The van der Waals surface area contributed by atoms with Gasteiger partial charge in [0, 0.05) is 101 Å². The highest BCUT2D eigenvalue weighted by Crippen LogP contribution is 2.19. The summed E-state index contributed by atoms with van der Waals surface area (Å²) < 4.78 is 0. The van der Waals surface area contributed by atoms with Crippen molar-refractivity contribution in [3.8, 4) is 0 Å². The molecule has 0 aliphatic heterocycles.